The largest absolute Gasteiger partial charge is 0.424 e. The number of ether oxygens (including phenoxy) is 1. The highest BCUT2D eigenvalue weighted by Crippen LogP contribution is 2.28. The zero-order valence-electron chi connectivity index (χ0n) is 16.5. The summed E-state index contributed by atoms with van der Waals surface area (Å²) in [6.07, 6.45) is 5.34. The van der Waals surface area contributed by atoms with Gasteiger partial charge in [-0.15, -0.1) is 5.10 Å². The van der Waals surface area contributed by atoms with Crippen LogP contribution in [0.3, 0.4) is 0 Å². The van der Waals surface area contributed by atoms with Crippen LogP contribution in [0.5, 0.6) is 5.75 Å². The van der Waals surface area contributed by atoms with E-state index in [1.807, 2.05) is 6.92 Å². The van der Waals surface area contributed by atoms with Crippen LogP contribution in [0.25, 0.3) is 0 Å². The highest BCUT2D eigenvalue weighted by molar-refractivity contribution is 8.15. The third kappa shape index (κ3) is 6.15. The molecule has 2 aliphatic rings. The Kier molecular flexibility index (Phi) is 7.03. The molecule has 3 rings (SSSR count). The molecule has 0 aromatic heterocycles. The van der Waals surface area contributed by atoms with Crippen molar-refractivity contribution < 1.29 is 19.1 Å². The molecule has 1 saturated carbocycles. The Morgan fingerprint density at radius 1 is 1.24 bits per heavy atom. The number of hydrogen-bond donors (Lipinski definition) is 2. The van der Waals surface area contributed by atoms with Gasteiger partial charge in [-0.1, -0.05) is 24.2 Å². The standard InChI is InChI=1S/C20H24N4O4S/c1-12-8-9-16(28-13(2)25)15(10-12)21-18(26)11-17-19(27)22-20(29-17)24-23-14-6-4-3-5-7-14/h8-10,17H,3-7,11H2,1-2H3,(H,21,26)(H,22,24,27). The molecule has 1 aliphatic heterocycles. The minimum Gasteiger partial charge on any atom is -0.424 e. The first kappa shape index (κ1) is 21.0. The Labute approximate surface area is 173 Å². The second kappa shape index (κ2) is 9.69. The number of carbonyl (C=O) groups is 3. The minimum absolute atomic E-state index is 0.0282. The second-order valence-electron chi connectivity index (χ2n) is 7.07. The summed E-state index contributed by atoms with van der Waals surface area (Å²) in [7, 11) is 0. The number of nitrogens with zero attached hydrogens (tertiary/aromatic N) is 2. The number of nitrogens with one attached hydrogen (secondary N) is 2. The van der Waals surface area contributed by atoms with Crippen LogP contribution in [-0.4, -0.2) is 33.9 Å². The maximum Gasteiger partial charge on any atom is 0.308 e. The molecule has 1 aromatic rings. The highest BCUT2D eigenvalue weighted by atomic mass is 32.2. The van der Waals surface area contributed by atoms with E-state index in [-0.39, 0.29) is 24.0 Å². The van der Waals surface area contributed by atoms with Gasteiger partial charge in [-0.05, 0) is 50.3 Å². The maximum atomic E-state index is 12.5. The molecule has 1 aliphatic carbocycles. The summed E-state index contributed by atoms with van der Waals surface area (Å²) < 4.78 is 5.13. The van der Waals surface area contributed by atoms with Crippen LogP contribution in [0.4, 0.5) is 5.69 Å². The number of amidine groups is 1. The van der Waals surface area contributed by atoms with E-state index in [0.29, 0.717) is 10.9 Å². The molecular weight excluding hydrogens is 392 g/mol. The lowest BCUT2D eigenvalue weighted by atomic mass is 9.99. The summed E-state index contributed by atoms with van der Waals surface area (Å²) >= 11 is 1.20. The third-order valence-electron chi connectivity index (χ3n) is 4.52. The molecule has 1 unspecified atom stereocenters. The predicted octanol–water partition coefficient (Wildman–Crippen LogP) is 3.16. The van der Waals surface area contributed by atoms with E-state index in [2.05, 4.69) is 20.8 Å². The van der Waals surface area contributed by atoms with Crippen LogP contribution in [0.2, 0.25) is 0 Å². The number of hydrogen-bond acceptors (Lipinski definition) is 7. The first-order valence-electron chi connectivity index (χ1n) is 9.60. The lowest BCUT2D eigenvalue weighted by molar-refractivity contribution is -0.132. The molecule has 0 spiro atoms. The van der Waals surface area contributed by atoms with Gasteiger partial charge in [0.2, 0.25) is 11.8 Å². The number of carbonyl (C=O) groups excluding carboxylic acids is 3. The lowest BCUT2D eigenvalue weighted by Gasteiger charge is -2.12. The third-order valence-corrected chi connectivity index (χ3v) is 5.60. The first-order valence-corrected chi connectivity index (χ1v) is 10.5. The molecule has 1 aromatic carbocycles. The van der Waals surface area contributed by atoms with Crippen molar-refractivity contribution in [1.82, 2.24) is 5.32 Å². The highest BCUT2D eigenvalue weighted by Gasteiger charge is 2.32. The number of thioether (sulfide) groups is 1. The number of esters is 1. The monoisotopic (exact) mass is 416 g/mol. The molecular formula is C20H24N4O4S. The molecule has 2 fully saturated rings. The summed E-state index contributed by atoms with van der Waals surface area (Å²) in [6.45, 7) is 3.16. The van der Waals surface area contributed by atoms with E-state index in [1.54, 1.807) is 18.2 Å². The molecule has 154 valence electrons. The zero-order valence-corrected chi connectivity index (χ0v) is 17.3. The van der Waals surface area contributed by atoms with Crippen molar-refractivity contribution in [2.45, 2.75) is 57.6 Å². The van der Waals surface area contributed by atoms with Crippen molar-refractivity contribution in [1.29, 1.82) is 0 Å². The first-order chi connectivity index (χ1) is 13.9. The van der Waals surface area contributed by atoms with E-state index in [9.17, 15) is 14.4 Å². The van der Waals surface area contributed by atoms with Gasteiger partial charge in [0.25, 0.3) is 0 Å². The van der Waals surface area contributed by atoms with Gasteiger partial charge in [0, 0.05) is 19.1 Å². The van der Waals surface area contributed by atoms with Crippen molar-refractivity contribution in [2.75, 3.05) is 5.32 Å². The summed E-state index contributed by atoms with van der Waals surface area (Å²) in [5.74, 6) is -0.824. The van der Waals surface area contributed by atoms with Crippen molar-refractivity contribution in [2.24, 2.45) is 10.2 Å². The van der Waals surface area contributed by atoms with Gasteiger partial charge in [-0.2, -0.15) is 5.10 Å². The van der Waals surface area contributed by atoms with Gasteiger partial charge in [0.1, 0.15) is 5.25 Å². The number of amides is 2. The quantitative estimate of drug-likeness (QED) is 0.435. The Bertz CT molecular complexity index is 873. The van der Waals surface area contributed by atoms with Crippen molar-refractivity contribution in [3.8, 4) is 5.75 Å². The van der Waals surface area contributed by atoms with Crippen LogP contribution in [0.1, 0.15) is 51.0 Å². The molecule has 9 heteroatoms. The predicted molar refractivity (Wildman–Crippen MR) is 113 cm³/mol. The Morgan fingerprint density at radius 3 is 2.72 bits per heavy atom. The van der Waals surface area contributed by atoms with Gasteiger partial charge in [0.15, 0.2) is 10.9 Å². The normalized spacial score (nSPS) is 20.3. The average Bonchev–Trinajstić information content (AvgIpc) is 3.02. The Morgan fingerprint density at radius 2 is 2.00 bits per heavy atom. The number of anilines is 1. The molecule has 1 saturated heterocycles. The molecule has 1 atom stereocenters. The second-order valence-corrected chi connectivity index (χ2v) is 8.26. The summed E-state index contributed by atoms with van der Waals surface area (Å²) in [4.78, 5) is 35.9. The van der Waals surface area contributed by atoms with Gasteiger partial charge in [-0.25, -0.2) is 0 Å². The Balaban J connectivity index is 1.60. The maximum absolute atomic E-state index is 12.5. The van der Waals surface area contributed by atoms with Gasteiger partial charge < -0.3 is 15.4 Å². The average molecular weight is 417 g/mol. The van der Waals surface area contributed by atoms with Gasteiger partial charge in [0.05, 0.1) is 5.69 Å². The van der Waals surface area contributed by atoms with Crippen molar-refractivity contribution >= 4 is 46.1 Å². The van der Waals surface area contributed by atoms with Crippen molar-refractivity contribution in [3.05, 3.63) is 23.8 Å². The topological polar surface area (TPSA) is 109 Å². The fraction of sp³-hybridized carbons (Fsp3) is 0.450. The van der Waals surface area contributed by atoms with Crippen LogP contribution in [-0.2, 0) is 14.4 Å². The SMILES string of the molecule is CC(=O)Oc1ccc(C)cc1NC(=O)CC1S/C(=N\N=C2CCCCC2)NC1=O. The summed E-state index contributed by atoms with van der Waals surface area (Å²) in [5.41, 5.74) is 2.35. The van der Waals surface area contributed by atoms with Gasteiger partial charge >= 0.3 is 5.97 Å². The number of benzene rings is 1. The molecule has 8 nitrogen and oxygen atoms in total. The van der Waals surface area contributed by atoms with E-state index < -0.39 is 11.2 Å². The summed E-state index contributed by atoms with van der Waals surface area (Å²) in [5, 5.41) is 13.6. The fourth-order valence-corrected chi connectivity index (χ4v) is 4.04. The molecule has 29 heavy (non-hydrogen) atoms. The Hall–Kier alpha value is -2.68. The molecule has 2 N–H and O–H groups in total. The number of aryl methyl sites for hydroxylation is 1. The smallest absolute Gasteiger partial charge is 0.308 e. The van der Waals surface area contributed by atoms with E-state index >= 15 is 0 Å². The van der Waals surface area contributed by atoms with Crippen LogP contribution in [0.15, 0.2) is 28.4 Å². The zero-order chi connectivity index (χ0) is 20.8. The number of rotatable bonds is 5. The van der Waals surface area contributed by atoms with Crippen LogP contribution >= 0.6 is 11.8 Å². The minimum atomic E-state index is -0.581. The fourth-order valence-electron chi connectivity index (χ4n) is 3.12. The molecule has 0 bridgehead atoms. The van der Waals surface area contributed by atoms with E-state index in [1.165, 1.54) is 25.1 Å². The van der Waals surface area contributed by atoms with Crippen molar-refractivity contribution in [3.63, 3.8) is 0 Å². The lowest BCUT2D eigenvalue weighted by Crippen LogP contribution is -2.28. The summed E-state index contributed by atoms with van der Waals surface area (Å²) in [6, 6.07) is 5.12. The van der Waals surface area contributed by atoms with Crippen LogP contribution < -0.4 is 15.4 Å². The van der Waals surface area contributed by atoms with Crippen LogP contribution in [0, 0.1) is 6.92 Å². The molecule has 2 amide bonds. The molecule has 1 heterocycles. The molecule has 0 radical (unpaired) electrons. The van der Waals surface area contributed by atoms with E-state index in [0.717, 1.165) is 37.0 Å². The van der Waals surface area contributed by atoms with E-state index in [4.69, 9.17) is 4.74 Å². The van der Waals surface area contributed by atoms with Gasteiger partial charge in [-0.3, -0.25) is 14.4 Å².